The Balaban J connectivity index is 1.43. The summed E-state index contributed by atoms with van der Waals surface area (Å²) in [7, 11) is 0. The summed E-state index contributed by atoms with van der Waals surface area (Å²) in [5.41, 5.74) is -0.395. The number of ether oxygens (including phenoxy) is 3. The molecule has 3 aliphatic heterocycles. The van der Waals surface area contributed by atoms with E-state index in [0.717, 1.165) is 32.8 Å². The van der Waals surface area contributed by atoms with E-state index in [1.165, 1.54) is 0 Å². The minimum Gasteiger partial charge on any atom is -0.381 e. The summed E-state index contributed by atoms with van der Waals surface area (Å²) in [4.78, 5) is 17.1. The molecule has 0 N–H and O–H groups in total. The van der Waals surface area contributed by atoms with Gasteiger partial charge in [-0.3, -0.25) is 9.69 Å². The first-order valence-corrected chi connectivity index (χ1v) is 8.64. The van der Waals surface area contributed by atoms with Crippen LogP contribution < -0.4 is 0 Å². The summed E-state index contributed by atoms with van der Waals surface area (Å²) in [5, 5.41) is 0. The highest BCUT2D eigenvalue weighted by Crippen LogP contribution is 2.51. The van der Waals surface area contributed by atoms with Gasteiger partial charge >= 0.3 is 0 Å². The van der Waals surface area contributed by atoms with Crippen LogP contribution >= 0.6 is 0 Å². The van der Waals surface area contributed by atoms with Crippen LogP contribution in [0.25, 0.3) is 0 Å². The Morgan fingerprint density at radius 1 is 1.17 bits per heavy atom. The molecule has 1 aliphatic carbocycles. The van der Waals surface area contributed by atoms with Crippen LogP contribution in [-0.2, 0) is 19.0 Å². The van der Waals surface area contributed by atoms with E-state index in [4.69, 9.17) is 14.2 Å². The van der Waals surface area contributed by atoms with Crippen molar-refractivity contribution in [2.45, 2.75) is 5.60 Å². The van der Waals surface area contributed by atoms with Crippen LogP contribution in [-0.4, -0.2) is 87.1 Å². The summed E-state index contributed by atoms with van der Waals surface area (Å²) < 4.78 is 17.3. The molecule has 0 bridgehead atoms. The van der Waals surface area contributed by atoms with Gasteiger partial charge in [-0.05, 0) is 11.8 Å². The largest absolute Gasteiger partial charge is 0.381 e. The minimum atomic E-state index is -0.395. The third kappa shape index (κ3) is 2.93. The molecule has 1 amide bonds. The molecule has 4 rings (SSSR count). The zero-order valence-electron chi connectivity index (χ0n) is 13.6. The second-order valence-electron chi connectivity index (χ2n) is 7.26. The van der Waals surface area contributed by atoms with Crippen LogP contribution in [0.5, 0.6) is 0 Å². The monoisotopic (exact) mass is 322 g/mol. The number of amides is 1. The topological polar surface area (TPSA) is 51.2 Å². The molecule has 23 heavy (non-hydrogen) atoms. The molecule has 128 valence electrons. The highest BCUT2D eigenvalue weighted by atomic mass is 16.5. The van der Waals surface area contributed by atoms with Gasteiger partial charge in [0.1, 0.15) is 5.60 Å². The second kappa shape index (κ2) is 6.16. The molecule has 2 unspecified atom stereocenters. The van der Waals surface area contributed by atoms with E-state index in [9.17, 15) is 4.79 Å². The van der Waals surface area contributed by atoms with Gasteiger partial charge in [-0.1, -0.05) is 6.08 Å². The minimum absolute atomic E-state index is 0.190. The number of fused-ring (bicyclic) bond motifs is 1. The van der Waals surface area contributed by atoms with Gasteiger partial charge in [-0.15, -0.1) is 6.58 Å². The lowest BCUT2D eigenvalue weighted by molar-refractivity contribution is -0.163. The Labute approximate surface area is 137 Å². The molecule has 4 fully saturated rings. The molecule has 4 atom stereocenters. The molecule has 0 aromatic heterocycles. The molecular formula is C17H26N2O4. The molecule has 3 saturated heterocycles. The molecule has 0 aromatic rings. The average molecular weight is 322 g/mol. The number of carbonyl (C=O) groups is 1. The average Bonchev–Trinajstić information content (AvgIpc) is 3.10. The van der Waals surface area contributed by atoms with Gasteiger partial charge < -0.3 is 19.1 Å². The van der Waals surface area contributed by atoms with E-state index in [1.807, 2.05) is 11.0 Å². The maximum Gasteiger partial charge on any atom is 0.226 e. The van der Waals surface area contributed by atoms with Crippen LogP contribution in [0.2, 0.25) is 0 Å². The summed E-state index contributed by atoms with van der Waals surface area (Å²) in [5.74, 6) is 1.41. The molecule has 3 heterocycles. The standard InChI is InChI=1S/C17H26N2O4/c1-2-3-18-4-6-21-12-17(10-18)11-19(5-7-23-17)16(20)15-13-8-22-9-14(13)15/h2,13-15H,1,3-12H2/t13-,14+,15?,17?. The van der Waals surface area contributed by atoms with Crippen molar-refractivity contribution in [1.29, 1.82) is 0 Å². The van der Waals surface area contributed by atoms with Crippen molar-refractivity contribution in [1.82, 2.24) is 9.80 Å². The van der Waals surface area contributed by atoms with Crippen molar-refractivity contribution in [3.8, 4) is 0 Å². The molecule has 1 saturated carbocycles. The van der Waals surface area contributed by atoms with Crippen LogP contribution in [0.4, 0.5) is 0 Å². The number of nitrogens with zero attached hydrogens (tertiary/aromatic N) is 2. The van der Waals surface area contributed by atoms with E-state index >= 15 is 0 Å². The first-order valence-electron chi connectivity index (χ1n) is 8.64. The predicted octanol–water partition coefficient (Wildman–Crippen LogP) is -0.00540. The Morgan fingerprint density at radius 3 is 2.78 bits per heavy atom. The van der Waals surface area contributed by atoms with E-state index in [-0.39, 0.29) is 5.92 Å². The number of carbonyl (C=O) groups excluding carboxylic acids is 1. The lowest BCUT2D eigenvalue weighted by Crippen LogP contribution is -2.60. The van der Waals surface area contributed by atoms with Crippen LogP contribution in [0.1, 0.15) is 0 Å². The second-order valence-corrected chi connectivity index (χ2v) is 7.26. The SMILES string of the molecule is C=CCN1CCOCC2(C1)CN(C(=O)C1[C@H]3COC[C@@H]13)CCO2. The zero-order valence-corrected chi connectivity index (χ0v) is 13.6. The van der Waals surface area contributed by atoms with Crippen molar-refractivity contribution in [3.63, 3.8) is 0 Å². The van der Waals surface area contributed by atoms with E-state index in [0.29, 0.717) is 50.7 Å². The number of morpholine rings is 1. The summed E-state index contributed by atoms with van der Waals surface area (Å²) in [6, 6.07) is 0. The van der Waals surface area contributed by atoms with Gasteiger partial charge in [0.15, 0.2) is 0 Å². The van der Waals surface area contributed by atoms with E-state index in [1.54, 1.807) is 0 Å². The summed E-state index contributed by atoms with van der Waals surface area (Å²) in [6.45, 7) is 11.0. The van der Waals surface area contributed by atoms with Crippen LogP contribution in [0, 0.1) is 17.8 Å². The Morgan fingerprint density at radius 2 is 2.00 bits per heavy atom. The molecular weight excluding hydrogens is 296 g/mol. The quantitative estimate of drug-likeness (QED) is 0.685. The molecule has 0 aromatic carbocycles. The fraction of sp³-hybridized carbons (Fsp3) is 0.824. The first kappa shape index (κ1) is 15.6. The van der Waals surface area contributed by atoms with Gasteiger partial charge in [0.05, 0.1) is 39.6 Å². The van der Waals surface area contributed by atoms with Gasteiger partial charge in [0.2, 0.25) is 5.91 Å². The third-order valence-electron chi connectivity index (χ3n) is 5.61. The van der Waals surface area contributed by atoms with Gasteiger partial charge in [0, 0.05) is 32.1 Å². The van der Waals surface area contributed by atoms with E-state index in [2.05, 4.69) is 11.5 Å². The smallest absolute Gasteiger partial charge is 0.226 e. The van der Waals surface area contributed by atoms with E-state index < -0.39 is 5.60 Å². The number of hydrogen-bond donors (Lipinski definition) is 0. The lowest BCUT2D eigenvalue weighted by atomic mass is 10.0. The van der Waals surface area contributed by atoms with Crippen molar-refractivity contribution >= 4 is 5.91 Å². The van der Waals surface area contributed by atoms with Crippen molar-refractivity contribution in [2.24, 2.45) is 17.8 Å². The highest BCUT2D eigenvalue weighted by Gasteiger charge is 2.59. The Bertz CT molecular complexity index is 475. The molecule has 4 aliphatic rings. The summed E-state index contributed by atoms with van der Waals surface area (Å²) >= 11 is 0. The van der Waals surface area contributed by atoms with Crippen LogP contribution in [0.3, 0.4) is 0 Å². The van der Waals surface area contributed by atoms with Gasteiger partial charge in [0.25, 0.3) is 0 Å². The van der Waals surface area contributed by atoms with Crippen molar-refractivity contribution in [3.05, 3.63) is 12.7 Å². The zero-order chi connectivity index (χ0) is 15.9. The molecule has 6 heteroatoms. The van der Waals surface area contributed by atoms with Gasteiger partial charge in [-0.2, -0.15) is 0 Å². The van der Waals surface area contributed by atoms with Crippen molar-refractivity contribution in [2.75, 3.05) is 65.8 Å². The van der Waals surface area contributed by atoms with Gasteiger partial charge in [-0.25, -0.2) is 0 Å². The fourth-order valence-electron chi connectivity index (χ4n) is 4.36. The maximum absolute atomic E-state index is 12.8. The molecule has 0 radical (unpaired) electrons. The van der Waals surface area contributed by atoms with Crippen molar-refractivity contribution < 1.29 is 19.0 Å². The highest BCUT2D eigenvalue weighted by molar-refractivity contribution is 5.82. The number of hydrogen-bond acceptors (Lipinski definition) is 5. The normalized spacial score (nSPS) is 40.7. The Hall–Kier alpha value is -0.950. The Kier molecular flexibility index (Phi) is 4.17. The third-order valence-corrected chi connectivity index (χ3v) is 5.61. The number of rotatable bonds is 3. The molecule has 6 nitrogen and oxygen atoms in total. The molecule has 1 spiro atoms. The lowest BCUT2D eigenvalue weighted by Gasteiger charge is -2.43. The predicted molar refractivity (Wildman–Crippen MR) is 84.0 cm³/mol. The maximum atomic E-state index is 12.8. The summed E-state index contributed by atoms with van der Waals surface area (Å²) in [6.07, 6.45) is 1.91. The van der Waals surface area contributed by atoms with Crippen LogP contribution in [0.15, 0.2) is 12.7 Å². The first-order chi connectivity index (χ1) is 11.2. The fourth-order valence-corrected chi connectivity index (χ4v) is 4.36.